The highest BCUT2D eigenvalue weighted by Gasteiger charge is 2.25. The summed E-state index contributed by atoms with van der Waals surface area (Å²) in [7, 11) is -1.92. The molecule has 7 nitrogen and oxygen atoms in total. The molecule has 0 radical (unpaired) electrons. The van der Waals surface area contributed by atoms with E-state index in [4.69, 9.17) is 4.74 Å². The van der Waals surface area contributed by atoms with Crippen LogP contribution in [-0.2, 0) is 40.7 Å². The minimum atomic E-state index is -3.55. The molecule has 9 heteroatoms. The van der Waals surface area contributed by atoms with Gasteiger partial charge < -0.3 is 9.64 Å². The van der Waals surface area contributed by atoms with E-state index in [1.54, 1.807) is 24.6 Å². The topological polar surface area (TPSA) is 88.6 Å². The van der Waals surface area contributed by atoms with Crippen molar-refractivity contribution in [2.24, 2.45) is 0 Å². The van der Waals surface area contributed by atoms with Crippen molar-refractivity contribution in [1.29, 1.82) is 0 Å². The zero-order valence-electron chi connectivity index (χ0n) is 18.7. The van der Waals surface area contributed by atoms with Crippen LogP contribution in [0.2, 0.25) is 0 Å². The van der Waals surface area contributed by atoms with E-state index >= 15 is 0 Å². The van der Waals surface area contributed by atoms with Gasteiger partial charge in [-0.05, 0) is 65.6 Å². The van der Waals surface area contributed by atoms with Gasteiger partial charge in [0, 0.05) is 37.9 Å². The van der Waals surface area contributed by atoms with E-state index in [2.05, 4.69) is 9.71 Å². The SMILES string of the molecule is COc1cccc(CCC(=O)N2CCc3c(cnc(C)c3CNS(=O)(=O)c3cccs3)C2)c1. The summed E-state index contributed by atoms with van der Waals surface area (Å²) < 4.78 is 33.3. The van der Waals surface area contributed by atoms with E-state index < -0.39 is 10.0 Å². The molecule has 0 bridgehead atoms. The maximum Gasteiger partial charge on any atom is 0.250 e. The van der Waals surface area contributed by atoms with Crippen LogP contribution in [0.1, 0.15) is 34.4 Å². The summed E-state index contributed by atoms with van der Waals surface area (Å²) in [6.45, 7) is 3.18. The van der Waals surface area contributed by atoms with Crippen molar-refractivity contribution in [3.8, 4) is 5.75 Å². The van der Waals surface area contributed by atoms with Crippen LogP contribution in [0.5, 0.6) is 5.75 Å². The van der Waals surface area contributed by atoms with Crippen LogP contribution in [0.15, 0.2) is 52.2 Å². The number of hydrogen-bond donors (Lipinski definition) is 1. The number of carbonyl (C=O) groups is 1. The van der Waals surface area contributed by atoms with E-state index in [0.717, 1.165) is 33.7 Å². The molecular formula is C24H27N3O4S2. The zero-order valence-corrected chi connectivity index (χ0v) is 20.3. The molecule has 1 N–H and O–H groups in total. The predicted octanol–water partition coefficient (Wildman–Crippen LogP) is 3.46. The van der Waals surface area contributed by atoms with E-state index in [0.29, 0.717) is 36.6 Å². The summed E-state index contributed by atoms with van der Waals surface area (Å²) in [5, 5.41) is 1.74. The van der Waals surface area contributed by atoms with E-state index in [1.165, 1.54) is 11.3 Å². The number of benzene rings is 1. The van der Waals surface area contributed by atoms with E-state index in [-0.39, 0.29) is 12.5 Å². The Morgan fingerprint density at radius 3 is 2.88 bits per heavy atom. The summed E-state index contributed by atoms with van der Waals surface area (Å²) in [6, 6.07) is 11.1. The van der Waals surface area contributed by atoms with Gasteiger partial charge >= 0.3 is 0 Å². The Balaban J connectivity index is 1.42. The Hall–Kier alpha value is -2.75. The molecular weight excluding hydrogens is 458 g/mol. The number of hydrogen-bond acceptors (Lipinski definition) is 6. The first-order valence-corrected chi connectivity index (χ1v) is 13.1. The number of fused-ring (bicyclic) bond motifs is 1. The van der Waals surface area contributed by atoms with Crippen LogP contribution in [0.4, 0.5) is 0 Å². The molecule has 0 unspecified atom stereocenters. The smallest absolute Gasteiger partial charge is 0.250 e. The highest BCUT2D eigenvalue weighted by Crippen LogP contribution is 2.25. The summed E-state index contributed by atoms with van der Waals surface area (Å²) in [4.78, 5) is 19.2. The third-order valence-electron chi connectivity index (χ3n) is 5.91. The fourth-order valence-electron chi connectivity index (χ4n) is 4.06. The number of nitrogens with zero attached hydrogens (tertiary/aromatic N) is 2. The number of carbonyl (C=O) groups excluding carboxylic acids is 1. The molecule has 2 aromatic heterocycles. The summed E-state index contributed by atoms with van der Waals surface area (Å²) in [5.74, 6) is 0.888. The van der Waals surface area contributed by atoms with Crippen LogP contribution >= 0.6 is 11.3 Å². The maximum absolute atomic E-state index is 12.9. The molecule has 1 aromatic carbocycles. The van der Waals surface area contributed by atoms with E-state index in [1.807, 2.05) is 42.3 Å². The number of amides is 1. The number of pyridine rings is 1. The van der Waals surface area contributed by atoms with Gasteiger partial charge in [-0.1, -0.05) is 18.2 Å². The summed E-state index contributed by atoms with van der Waals surface area (Å²) >= 11 is 1.19. The normalized spacial score (nSPS) is 13.6. The number of methoxy groups -OCH3 is 1. The monoisotopic (exact) mass is 485 g/mol. The average molecular weight is 486 g/mol. The van der Waals surface area contributed by atoms with Gasteiger partial charge in [0.15, 0.2) is 0 Å². The summed E-state index contributed by atoms with van der Waals surface area (Å²) in [5.41, 5.74) is 4.84. The Morgan fingerprint density at radius 2 is 2.12 bits per heavy atom. The molecule has 3 aromatic rings. The lowest BCUT2D eigenvalue weighted by atomic mass is 9.94. The Morgan fingerprint density at radius 1 is 1.27 bits per heavy atom. The lowest BCUT2D eigenvalue weighted by Crippen LogP contribution is -2.37. The van der Waals surface area contributed by atoms with Crippen LogP contribution < -0.4 is 9.46 Å². The second-order valence-corrected chi connectivity index (χ2v) is 10.9. The Kier molecular flexibility index (Phi) is 7.11. The van der Waals surface area contributed by atoms with Crippen molar-refractivity contribution in [3.05, 3.63) is 75.9 Å². The minimum absolute atomic E-state index is 0.101. The molecule has 1 amide bonds. The first-order chi connectivity index (χ1) is 15.9. The first kappa shape index (κ1) is 23.4. The van der Waals surface area contributed by atoms with Crippen molar-refractivity contribution in [1.82, 2.24) is 14.6 Å². The maximum atomic E-state index is 12.9. The number of aryl methyl sites for hydroxylation is 2. The van der Waals surface area contributed by atoms with Gasteiger partial charge in [0.2, 0.25) is 15.9 Å². The quantitative estimate of drug-likeness (QED) is 0.528. The second-order valence-electron chi connectivity index (χ2n) is 8.00. The molecule has 0 saturated heterocycles. The second kappa shape index (κ2) is 10.0. The lowest BCUT2D eigenvalue weighted by molar-refractivity contribution is -0.132. The van der Waals surface area contributed by atoms with Gasteiger partial charge in [0.1, 0.15) is 9.96 Å². The third kappa shape index (κ3) is 5.43. The molecule has 3 heterocycles. The van der Waals surface area contributed by atoms with Gasteiger partial charge in [-0.25, -0.2) is 13.1 Å². The Bertz CT molecular complexity index is 1240. The predicted molar refractivity (Wildman–Crippen MR) is 128 cm³/mol. The highest BCUT2D eigenvalue weighted by atomic mass is 32.2. The fraction of sp³-hybridized carbons (Fsp3) is 0.333. The van der Waals surface area contributed by atoms with E-state index in [9.17, 15) is 13.2 Å². The van der Waals surface area contributed by atoms with Crippen molar-refractivity contribution in [2.75, 3.05) is 13.7 Å². The van der Waals surface area contributed by atoms with Gasteiger partial charge in [0.05, 0.1) is 7.11 Å². The van der Waals surface area contributed by atoms with Gasteiger partial charge in [-0.2, -0.15) is 0 Å². The number of sulfonamides is 1. The largest absolute Gasteiger partial charge is 0.497 e. The number of ether oxygens (including phenoxy) is 1. The number of aromatic nitrogens is 1. The van der Waals surface area contributed by atoms with Crippen LogP contribution in [0.3, 0.4) is 0 Å². The lowest BCUT2D eigenvalue weighted by Gasteiger charge is -2.30. The van der Waals surface area contributed by atoms with Gasteiger partial charge in [-0.15, -0.1) is 11.3 Å². The van der Waals surface area contributed by atoms with Crippen molar-refractivity contribution in [2.45, 2.75) is 43.5 Å². The number of thiophene rings is 1. The van der Waals surface area contributed by atoms with Crippen LogP contribution in [0, 0.1) is 6.92 Å². The molecule has 33 heavy (non-hydrogen) atoms. The molecule has 174 valence electrons. The van der Waals surface area contributed by atoms with Crippen molar-refractivity contribution >= 4 is 27.3 Å². The minimum Gasteiger partial charge on any atom is -0.497 e. The van der Waals surface area contributed by atoms with Crippen LogP contribution in [-0.4, -0.2) is 37.9 Å². The summed E-state index contributed by atoms with van der Waals surface area (Å²) in [6.07, 6.45) is 3.57. The van der Waals surface area contributed by atoms with Gasteiger partial charge in [0.25, 0.3) is 0 Å². The number of rotatable bonds is 8. The highest BCUT2D eigenvalue weighted by molar-refractivity contribution is 7.91. The molecule has 0 spiro atoms. The third-order valence-corrected chi connectivity index (χ3v) is 8.71. The van der Waals surface area contributed by atoms with Gasteiger partial charge in [-0.3, -0.25) is 9.78 Å². The molecule has 1 aliphatic rings. The molecule has 0 fully saturated rings. The molecule has 0 aliphatic carbocycles. The molecule has 1 aliphatic heterocycles. The standard InChI is InChI=1S/C24H27N3O4S2/c1-17-22(15-26-33(29,30)24-7-4-12-32-24)21-10-11-27(16-19(21)14-25-17)23(28)9-8-18-5-3-6-20(13-18)31-2/h3-7,12-14,26H,8-11,15-16H2,1-2H3. The Labute approximate surface area is 198 Å². The van der Waals surface area contributed by atoms with Crippen molar-refractivity contribution < 1.29 is 17.9 Å². The fourth-order valence-corrected chi connectivity index (χ4v) is 6.09. The van der Waals surface area contributed by atoms with Crippen molar-refractivity contribution in [3.63, 3.8) is 0 Å². The first-order valence-electron chi connectivity index (χ1n) is 10.8. The molecule has 4 rings (SSSR count). The van der Waals surface area contributed by atoms with Crippen LogP contribution in [0.25, 0.3) is 0 Å². The zero-order chi connectivity index (χ0) is 23.4. The molecule has 0 saturated carbocycles. The average Bonchev–Trinajstić information content (AvgIpc) is 3.38. The number of nitrogens with one attached hydrogen (secondary N) is 1. The molecule has 0 atom stereocenters.